The summed E-state index contributed by atoms with van der Waals surface area (Å²) in [5.74, 6) is 0.159. The average Bonchev–Trinajstić information content (AvgIpc) is 2.79. The van der Waals surface area contributed by atoms with E-state index in [2.05, 4.69) is 0 Å². The molecule has 0 atom stereocenters. The molecule has 5 nitrogen and oxygen atoms in total. The van der Waals surface area contributed by atoms with Gasteiger partial charge in [0.1, 0.15) is 12.4 Å². The number of amides is 1. The Kier molecular flexibility index (Phi) is 3.43. The van der Waals surface area contributed by atoms with Gasteiger partial charge in [-0.1, -0.05) is 11.6 Å². The van der Waals surface area contributed by atoms with Crippen LogP contribution in [0.5, 0.6) is 5.75 Å². The molecule has 0 spiro atoms. The van der Waals surface area contributed by atoms with Crippen molar-refractivity contribution in [3.8, 4) is 5.75 Å². The quantitative estimate of drug-likeness (QED) is 0.830. The zero-order chi connectivity index (χ0) is 13.1. The molecule has 0 aliphatic heterocycles. The van der Waals surface area contributed by atoms with Crippen LogP contribution in [0, 0.1) is 0 Å². The summed E-state index contributed by atoms with van der Waals surface area (Å²) < 4.78 is 10.6. The molecule has 4 N–H and O–H groups in total. The predicted molar refractivity (Wildman–Crippen MR) is 67.4 cm³/mol. The maximum Gasteiger partial charge on any atom is 0.252 e. The third-order valence-electron chi connectivity index (χ3n) is 2.27. The van der Waals surface area contributed by atoms with Gasteiger partial charge in [0.25, 0.3) is 5.91 Å². The third kappa shape index (κ3) is 2.57. The van der Waals surface area contributed by atoms with Crippen LogP contribution in [0.25, 0.3) is 0 Å². The second kappa shape index (κ2) is 5.01. The first-order valence-corrected chi connectivity index (χ1v) is 5.49. The van der Waals surface area contributed by atoms with E-state index in [1.165, 1.54) is 18.4 Å². The zero-order valence-corrected chi connectivity index (χ0v) is 10.1. The van der Waals surface area contributed by atoms with Crippen molar-refractivity contribution in [2.75, 3.05) is 5.73 Å². The highest BCUT2D eigenvalue weighted by molar-refractivity contribution is 6.33. The molecule has 18 heavy (non-hydrogen) atoms. The second-order valence-electron chi connectivity index (χ2n) is 3.61. The molecule has 1 aromatic heterocycles. The van der Waals surface area contributed by atoms with E-state index in [0.717, 1.165) is 0 Å². The van der Waals surface area contributed by atoms with Crippen molar-refractivity contribution in [3.05, 3.63) is 46.9 Å². The lowest BCUT2D eigenvalue weighted by Crippen LogP contribution is -2.14. The summed E-state index contributed by atoms with van der Waals surface area (Å²) in [5.41, 5.74) is 11.3. The molecule has 0 saturated carbocycles. The van der Waals surface area contributed by atoms with E-state index in [1.54, 1.807) is 12.1 Å². The lowest BCUT2D eigenvalue weighted by Gasteiger charge is -2.11. The summed E-state index contributed by atoms with van der Waals surface area (Å²) in [5, 5.41) is 0.232. The van der Waals surface area contributed by atoms with Gasteiger partial charge < -0.3 is 20.6 Å². The van der Waals surface area contributed by atoms with Gasteiger partial charge in [0.05, 0.1) is 16.8 Å². The number of nitrogens with two attached hydrogens (primary N) is 2. The van der Waals surface area contributed by atoms with Crippen LogP contribution in [0.3, 0.4) is 0 Å². The van der Waals surface area contributed by atoms with Gasteiger partial charge in [-0.2, -0.15) is 0 Å². The highest BCUT2D eigenvalue weighted by atomic mass is 35.5. The topological polar surface area (TPSA) is 91.5 Å². The van der Waals surface area contributed by atoms with E-state index in [-0.39, 0.29) is 22.9 Å². The number of nitrogen functional groups attached to an aromatic ring is 1. The second-order valence-corrected chi connectivity index (χ2v) is 4.02. The molecule has 0 aliphatic carbocycles. The minimum Gasteiger partial charge on any atom is -0.483 e. The summed E-state index contributed by atoms with van der Waals surface area (Å²) in [4.78, 5) is 11.3. The van der Waals surface area contributed by atoms with Gasteiger partial charge in [0.2, 0.25) is 0 Å². The number of furan rings is 1. The number of anilines is 1. The van der Waals surface area contributed by atoms with Crippen LogP contribution in [-0.4, -0.2) is 5.91 Å². The third-order valence-corrected chi connectivity index (χ3v) is 2.55. The molecule has 2 aromatic rings. The lowest BCUT2D eigenvalue weighted by atomic mass is 10.1. The minimum absolute atomic E-state index is 0.145. The Balaban J connectivity index is 2.28. The van der Waals surface area contributed by atoms with Gasteiger partial charge in [0.15, 0.2) is 5.75 Å². The Hall–Kier alpha value is -2.14. The zero-order valence-electron chi connectivity index (χ0n) is 9.35. The van der Waals surface area contributed by atoms with Crippen molar-refractivity contribution in [2.45, 2.75) is 6.61 Å². The maximum atomic E-state index is 11.3. The molecule has 0 bridgehead atoms. The van der Waals surface area contributed by atoms with Crippen molar-refractivity contribution in [2.24, 2.45) is 5.73 Å². The van der Waals surface area contributed by atoms with Gasteiger partial charge >= 0.3 is 0 Å². The number of hydrogen-bond acceptors (Lipinski definition) is 4. The molecule has 0 unspecified atom stereocenters. The summed E-state index contributed by atoms with van der Waals surface area (Å²) >= 11 is 5.98. The van der Waals surface area contributed by atoms with Crippen molar-refractivity contribution in [3.63, 3.8) is 0 Å². The van der Waals surface area contributed by atoms with E-state index in [4.69, 9.17) is 32.2 Å². The fraction of sp³-hybridized carbons (Fsp3) is 0.0833. The van der Waals surface area contributed by atoms with E-state index < -0.39 is 5.91 Å². The number of rotatable bonds is 4. The van der Waals surface area contributed by atoms with Crippen LogP contribution in [-0.2, 0) is 6.61 Å². The van der Waals surface area contributed by atoms with E-state index in [0.29, 0.717) is 11.4 Å². The highest BCUT2D eigenvalue weighted by Gasteiger charge is 2.15. The summed E-state index contributed by atoms with van der Waals surface area (Å²) in [7, 11) is 0. The molecule has 94 valence electrons. The molecule has 2 rings (SSSR count). The van der Waals surface area contributed by atoms with E-state index >= 15 is 0 Å². The van der Waals surface area contributed by atoms with Crippen molar-refractivity contribution in [1.82, 2.24) is 0 Å². The van der Waals surface area contributed by atoms with Gasteiger partial charge in [-0.15, -0.1) is 0 Å². The first kappa shape index (κ1) is 12.3. The fourth-order valence-electron chi connectivity index (χ4n) is 1.48. The Labute approximate surface area is 108 Å². The van der Waals surface area contributed by atoms with Crippen molar-refractivity contribution >= 4 is 23.2 Å². The lowest BCUT2D eigenvalue weighted by molar-refractivity contribution is 0.0995. The normalized spacial score (nSPS) is 10.3. The molecule has 1 aromatic carbocycles. The van der Waals surface area contributed by atoms with Crippen molar-refractivity contribution in [1.29, 1.82) is 0 Å². The van der Waals surface area contributed by atoms with Crippen LogP contribution in [0.15, 0.2) is 34.9 Å². The Morgan fingerprint density at radius 3 is 2.83 bits per heavy atom. The number of primary amides is 1. The monoisotopic (exact) mass is 266 g/mol. The molecule has 1 amide bonds. The number of carbonyl (C=O) groups excluding carboxylic acids is 1. The standard InChI is InChI=1S/C12H11ClN2O3/c13-10-5-7(14)4-9(12(15)16)11(10)18-6-8-2-1-3-17-8/h1-5H,6,14H2,(H2,15,16). The maximum absolute atomic E-state index is 11.3. The Morgan fingerprint density at radius 2 is 2.22 bits per heavy atom. The first-order valence-electron chi connectivity index (χ1n) is 5.12. The molecule has 0 radical (unpaired) electrons. The van der Waals surface area contributed by atoms with E-state index in [1.807, 2.05) is 0 Å². The molecule has 1 heterocycles. The Morgan fingerprint density at radius 1 is 1.44 bits per heavy atom. The number of halogens is 1. The van der Waals surface area contributed by atoms with Crippen LogP contribution in [0.2, 0.25) is 5.02 Å². The molecular formula is C12H11ClN2O3. The Bertz CT molecular complexity index is 567. The van der Waals surface area contributed by atoms with Crippen LogP contribution in [0.1, 0.15) is 16.1 Å². The summed E-state index contributed by atoms with van der Waals surface area (Å²) in [6.07, 6.45) is 1.53. The average molecular weight is 267 g/mol. The first-order chi connectivity index (χ1) is 8.58. The van der Waals surface area contributed by atoms with Gasteiger partial charge in [-0.25, -0.2) is 0 Å². The predicted octanol–water partition coefficient (Wildman–Crippen LogP) is 2.19. The highest BCUT2D eigenvalue weighted by Crippen LogP contribution is 2.32. The summed E-state index contributed by atoms with van der Waals surface area (Å²) in [6, 6.07) is 6.39. The number of ether oxygens (including phenoxy) is 1. The van der Waals surface area contributed by atoms with Gasteiger partial charge in [-0.05, 0) is 24.3 Å². The van der Waals surface area contributed by atoms with Crippen molar-refractivity contribution < 1.29 is 13.9 Å². The number of benzene rings is 1. The van der Waals surface area contributed by atoms with Gasteiger partial charge in [0, 0.05) is 5.69 Å². The van der Waals surface area contributed by atoms with Crippen LogP contribution < -0.4 is 16.2 Å². The molecule has 6 heteroatoms. The minimum atomic E-state index is -0.654. The SMILES string of the molecule is NC(=O)c1cc(N)cc(Cl)c1OCc1ccco1. The number of carbonyl (C=O) groups is 1. The smallest absolute Gasteiger partial charge is 0.252 e. The molecule has 0 fully saturated rings. The number of hydrogen-bond donors (Lipinski definition) is 2. The van der Waals surface area contributed by atoms with E-state index in [9.17, 15) is 4.79 Å². The molecular weight excluding hydrogens is 256 g/mol. The van der Waals surface area contributed by atoms with Crippen LogP contribution in [0.4, 0.5) is 5.69 Å². The summed E-state index contributed by atoms with van der Waals surface area (Å²) in [6.45, 7) is 0.150. The largest absolute Gasteiger partial charge is 0.483 e. The van der Waals surface area contributed by atoms with Gasteiger partial charge in [-0.3, -0.25) is 4.79 Å². The molecule has 0 saturated heterocycles. The molecule has 0 aliphatic rings. The fourth-order valence-corrected chi connectivity index (χ4v) is 1.76. The van der Waals surface area contributed by atoms with Crippen LogP contribution >= 0.6 is 11.6 Å².